The van der Waals surface area contributed by atoms with Gasteiger partial charge in [0.1, 0.15) is 5.82 Å². The van der Waals surface area contributed by atoms with Crippen molar-refractivity contribution in [3.8, 4) is 0 Å². The Morgan fingerprint density at radius 2 is 1.95 bits per heavy atom. The van der Waals surface area contributed by atoms with Gasteiger partial charge in [0.05, 0.1) is 12.1 Å². The Morgan fingerprint density at radius 1 is 1.25 bits per heavy atom. The monoisotopic (exact) mass is 291 g/mol. The Labute approximate surface area is 122 Å². The predicted molar refractivity (Wildman–Crippen MR) is 79.7 cm³/mol. The molecule has 104 valence electrons. The summed E-state index contributed by atoms with van der Waals surface area (Å²) in [5.74, 6) is -0.572. The van der Waals surface area contributed by atoms with Crippen molar-refractivity contribution < 1.29 is 9.18 Å². The lowest BCUT2D eigenvalue weighted by Crippen LogP contribution is -2.28. The van der Waals surface area contributed by atoms with Gasteiger partial charge in [-0.15, -0.1) is 0 Å². The largest absolute Gasteiger partial charge is 0.313 e. The van der Waals surface area contributed by atoms with Gasteiger partial charge in [0.15, 0.2) is 0 Å². The van der Waals surface area contributed by atoms with Crippen LogP contribution in [0, 0.1) is 12.7 Å². The summed E-state index contributed by atoms with van der Waals surface area (Å²) in [6.45, 7) is 1.90. The van der Waals surface area contributed by atoms with Crippen molar-refractivity contribution in [1.82, 2.24) is 0 Å². The number of carbonyl (C=O) groups is 1. The van der Waals surface area contributed by atoms with Gasteiger partial charge in [0.2, 0.25) is 5.91 Å². The van der Waals surface area contributed by atoms with Crippen LogP contribution in [0.2, 0.25) is 5.02 Å². The second-order valence-corrected chi connectivity index (χ2v) is 5.09. The molecule has 0 atom stereocenters. The molecule has 4 heteroatoms. The van der Waals surface area contributed by atoms with Crippen molar-refractivity contribution in [3.05, 3.63) is 64.4 Å². The van der Waals surface area contributed by atoms with Crippen LogP contribution in [0.25, 0.3) is 0 Å². The zero-order chi connectivity index (χ0) is 14.7. The third-order valence-electron chi connectivity index (χ3n) is 3.23. The van der Waals surface area contributed by atoms with Gasteiger partial charge in [-0.1, -0.05) is 29.8 Å². The van der Waals surface area contributed by atoms with E-state index in [1.54, 1.807) is 31.3 Å². The Hall–Kier alpha value is -1.87. The maximum atomic E-state index is 13.7. The molecule has 2 rings (SSSR count). The number of hydrogen-bond donors (Lipinski definition) is 0. The first-order valence-electron chi connectivity index (χ1n) is 6.25. The highest BCUT2D eigenvalue weighted by Crippen LogP contribution is 2.20. The highest BCUT2D eigenvalue weighted by molar-refractivity contribution is 6.30. The molecule has 0 unspecified atom stereocenters. The fourth-order valence-corrected chi connectivity index (χ4v) is 2.22. The lowest BCUT2D eigenvalue weighted by atomic mass is 10.1. The topological polar surface area (TPSA) is 20.3 Å². The van der Waals surface area contributed by atoms with E-state index in [0.717, 1.165) is 11.1 Å². The molecule has 0 aliphatic heterocycles. The van der Waals surface area contributed by atoms with Crippen molar-refractivity contribution in [1.29, 1.82) is 0 Å². The van der Waals surface area contributed by atoms with E-state index in [1.165, 1.54) is 11.0 Å². The molecular formula is C16H15ClFNO. The minimum atomic E-state index is -0.406. The molecule has 1 amide bonds. The Kier molecular flexibility index (Phi) is 4.40. The lowest BCUT2D eigenvalue weighted by Gasteiger charge is -2.18. The van der Waals surface area contributed by atoms with Crippen LogP contribution in [-0.2, 0) is 11.2 Å². The zero-order valence-corrected chi connectivity index (χ0v) is 12.1. The molecule has 0 radical (unpaired) electrons. The van der Waals surface area contributed by atoms with Crippen LogP contribution in [0.1, 0.15) is 11.1 Å². The summed E-state index contributed by atoms with van der Waals surface area (Å²) in [7, 11) is 1.58. The predicted octanol–water partition coefficient (Wildman–Crippen LogP) is 3.99. The summed E-state index contributed by atoms with van der Waals surface area (Å²) in [5, 5.41) is 0.640. The molecule has 0 saturated carbocycles. The van der Waals surface area contributed by atoms with Gasteiger partial charge in [-0.05, 0) is 42.3 Å². The number of halogens is 2. The van der Waals surface area contributed by atoms with Crippen LogP contribution in [0.4, 0.5) is 10.1 Å². The van der Waals surface area contributed by atoms with Gasteiger partial charge < -0.3 is 4.90 Å². The van der Waals surface area contributed by atoms with Crippen LogP contribution in [-0.4, -0.2) is 13.0 Å². The van der Waals surface area contributed by atoms with Crippen LogP contribution in [0.5, 0.6) is 0 Å². The Morgan fingerprint density at radius 3 is 2.60 bits per heavy atom. The van der Waals surface area contributed by atoms with Gasteiger partial charge in [-0.3, -0.25) is 4.79 Å². The molecule has 0 saturated heterocycles. The summed E-state index contributed by atoms with van der Waals surface area (Å²) in [6.07, 6.45) is 0.216. The lowest BCUT2D eigenvalue weighted by molar-refractivity contribution is -0.117. The van der Waals surface area contributed by atoms with Crippen molar-refractivity contribution in [2.24, 2.45) is 0 Å². The molecule has 0 bridgehead atoms. The first kappa shape index (κ1) is 14.5. The van der Waals surface area contributed by atoms with Crippen molar-refractivity contribution in [2.75, 3.05) is 11.9 Å². The summed E-state index contributed by atoms with van der Waals surface area (Å²) >= 11 is 5.89. The maximum Gasteiger partial charge on any atom is 0.231 e. The third-order valence-corrected chi connectivity index (χ3v) is 3.47. The van der Waals surface area contributed by atoms with E-state index in [-0.39, 0.29) is 18.0 Å². The number of nitrogens with zero attached hydrogens (tertiary/aromatic N) is 1. The van der Waals surface area contributed by atoms with Crippen LogP contribution < -0.4 is 4.90 Å². The summed E-state index contributed by atoms with van der Waals surface area (Å²) in [4.78, 5) is 13.6. The van der Waals surface area contributed by atoms with E-state index in [0.29, 0.717) is 5.02 Å². The number of para-hydroxylation sites is 1. The standard InChI is InChI=1S/C16H15ClFNO/c1-11-9-13(17)8-7-12(11)10-16(20)19(2)15-6-4-3-5-14(15)18/h3-9H,10H2,1-2H3. The highest BCUT2D eigenvalue weighted by atomic mass is 35.5. The average Bonchev–Trinajstić information content (AvgIpc) is 2.41. The van der Waals surface area contributed by atoms with E-state index in [9.17, 15) is 9.18 Å². The molecule has 0 aromatic heterocycles. The smallest absolute Gasteiger partial charge is 0.231 e. The average molecular weight is 292 g/mol. The van der Waals surface area contributed by atoms with Crippen LogP contribution in [0.15, 0.2) is 42.5 Å². The van der Waals surface area contributed by atoms with Crippen molar-refractivity contribution in [2.45, 2.75) is 13.3 Å². The normalized spacial score (nSPS) is 10.4. The van der Waals surface area contributed by atoms with E-state index < -0.39 is 5.82 Å². The number of hydrogen-bond acceptors (Lipinski definition) is 1. The summed E-state index contributed by atoms with van der Waals surface area (Å²) in [6, 6.07) is 11.6. The minimum absolute atomic E-state index is 0.166. The molecule has 0 fully saturated rings. The second kappa shape index (κ2) is 6.06. The molecule has 0 heterocycles. The van der Waals surface area contributed by atoms with Crippen LogP contribution in [0.3, 0.4) is 0 Å². The van der Waals surface area contributed by atoms with Gasteiger partial charge in [0, 0.05) is 12.1 Å². The third kappa shape index (κ3) is 3.17. The number of amides is 1. The highest BCUT2D eigenvalue weighted by Gasteiger charge is 2.15. The molecule has 2 aromatic rings. The molecule has 0 aliphatic carbocycles. The number of benzene rings is 2. The fraction of sp³-hybridized carbons (Fsp3) is 0.188. The van der Waals surface area contributed by atoms with Gasteiger partial charge in [0.25, 0.3) is 0 Å². The summed E-state index contributed by atoms with van der Waals surface area (Å²) < 4.78 is 13.7. The molecule has 0 spiro atoms. The molecule has 0 N–H and O–H groups in total. The molecule has 20 heavy (non-hydrogen) atoms. The molecule has 2 aromatic carbocycles. The van der Waals surface area contributed by atoms with Crippen molar-refractivity contribution >= 4 is 23.2 Å². The quantitative estimate of drug-likeness (QED) is 0.837. The maximum absolute atomic E-state index is 13.7. The zero-order valence-electron chi connectivity index (χ0n) is 11.4. The number of anilines is 1. The van der Waals surface area contributed by atoms with Gasteiger partial charge >= 0.3 is 0 Å². The molecule has 0 aliphatic rings. The van der Waals surface area contributed by atoms with E-state index >= 15 is 0 Å². The van der Waals surface area contributed by atoms with E-state index in [4.69, 9.17) is 11.6 Å². The molecule has 2 nitrogen and oxygen atoms in total. The fourth-order valence-electron chi connectivity index (χ4n) is 2.00. The van der Waals surface area contributed by atoms with Crippen molar-refractivity contribution in [3.63, 3.8) is 0 Å². The number of aryl methyl sites for hydroxylation is 1. The van der Waals surface area contributed by atoms with Gasteiger partial charge in [-0.2, -0.15) is 0 Å². The van der Waals surface area contributed by atoms with Gasteiger partial charge in [-0.25, -0.2) is 4.39 Å². The van der Waals surface area contributed by atoms with Crippen LogP contribution >= 0.6 is 11.6 Å². The minimum Gasteiger partial charge on any atom is -0.313 e. The number of likely N-dealkylation sites (N-methyl/N-ethyl adjacent to an activating group) is 1. The SMILES string of the molecule is Cc1cc(Cl)ccc1CC(=O)N(C)c1ccccc1F. The number of rotatable bonds is 3. The first-order chi connectivity index (χ1) is 9.49. The number of carbonyl (C=O) groups excluding carboxylic acids is 1. The van der Waals surface area contributed by atoms with E-state index in [2.05, 4.69) is 0 Å². The summed E-state index contributed by atoms with van der Waals surface area (Å²) in [5.41, 5.74) is 2.12. The second-order valence-electron chi connectivity index (χ2n) is 4.65. The Balaban J connectivity index is 2.18. The molecular weight excluding hydrogens is 277 g/mol. The Bertz CT molecular complexity index is 642. The van der Waals surface area contributed by atoms with E-state index in [1.807, 2.05) is 19.1 Å². The first-order valence-corrected chi connectivity index (χ1v) is 6.63.